The van der Waals surface area contributed by atoms with Crippen LogP contribution in [-0.4, -0.2) is 28.3 Å². The van der Waals surface area contributed by atoms with Gasteiger partial charge in [-0.2, -0.15) is 0 Å². The van der Waals surface area contributed by atoms with Gasteiger partial charge in [0.05, 0.1) is 17.4 Å². The van der Waals surface area contributed by atoms with Crippen LogP contribution >= 0.6 is 12.2 Å². The standard InChI is InChI=1S/C25H27N3O4S/c1-14-4-3-5-19(15(14)2)26-23(29)17-7-8-18-20(11-17)27-25(33)28(24(18)30)12-16-6-9-21-22(10-16)32-13-31-21/h6-11,14-15,19H,3-5,12-13H2,1-2H3,(H,26,29)(H,27,33)/t14-,15+,19-/m1/s1. The molecule has 1 fully saturated rings. The zero-order valence-corrected chi connectivity index (χ0v) is 19.5. The molecule has 0 radical (unpaired) electrons. The number of rotatable bonds is 4. The summed E-state index contributed by atoms with van der Waals surface area (Å²) in [5.74, 6) is 2.27. The van der Waals surface area contributed by atoms with Crippen LogP contribution in [0.5, 0.6) is 11.5 Å². The van der Waals surface area contributed by atoms with Crippen LogP contribution in [0.2, 0.25) is 0 Å². The van der Waals surface area contributed by atoms with Crippen molar-refractivity contribution in [1.82, 2.24) is 14.9 Å². The highest BCUT2D eigenvalue weighted by Gasteiger charge is 2.28. The second-order valence-electron chi connectivity index (χ2n) is 9.12. The maximum atomic E-state index is 13.2. The molecule has 2 aliphatic rings. The van der Waals surface area contributed by atoms with Gasteiger partial charge >= 0.3 is 0 Å². The SMILES string of the molecule is C[C@H]1[C@H](C)CCC[C@H]1NC(=O)c1ccc2c(=O)n(Cc3ccc4c(c3)OCO4)c(=S)[nH]c2c1. The fourth-order valence-electron chi connectivity index (χ4n) is 4.80. The number of hydrogen-bond acceptors (Lipinski definition) is 5. The molecule has 1 amide bonds. The minimum Gasteiger partial charge on any atom is -0.454 e. The molecule has 7 nitrogen and oxygen atoms in total. The predicted molar refractivity (Wildman–Crippen MR) is 128 cm³/mol. The fraction of sp³-hybridized carbons (Fsp3) is 0.400. The third-order valence-corrected chi connectivity index (χ3v) is 7.37. The zero-order valence-electron chi connectivity index (χ0n) is 18.7. The predicted octanol–water partition coefficient (Wildman–Crippen LogP) is 4.39. The van der Waals surface area contributed by atoms with Gasteiger partial charge in [-0.3, -0.25) is 14.2 Å². The normalized spacial score (nSPS) is 21.8. The van der Waals surface area contributed by atoms with Gasteiger partial charge < -0.3 is 19.8 Å². The molecule has 0 spiro atoms. The number of nitrogens with one attached hydrogen (secondary N) is 2. The molecule has 8 heteroatoms. The van der Waals surface area contributed by atoms with E-state index >= 15 is 0 Å². The van der Waals surface area contributed by atoms with Crippen molar-refractivity contribution >= 4 is 29.0 Å². The Bertz CT molecular complexity index is 1350. The third-order valence-electron chi connectivity index (χ3n) is 7.05. The summed E-state index contributed by atoms with van der Waals surface area (Å²) < 4.78 is 12.6. The van der Waals surface area contributed by atoms with Crippen molar-refractivity contribution < 1.29 is 14.3 Å². The van der Waals surface area contributed by atoms with Crippen molar-refractivity contribution in [3.05, 3.63) is 62.6 Å². The average molecular weight is 466 g/mol. The molecular weight excluding hydrogens is 438 g/mol. The summed E-state index contributed by atoms with van der Waals surface area (Å²) in [6.07, 6.45) is 3.33. The van der Waals surface area contributed by atoms with Gasteiger partial charge in [0.1, 0.15) is 0 Å². The van der Waals surface area contributed by atoms with Crippen LogP contribution in [0.4, 0.5) is 0 Å². The van der Waals surface area contributed by atoms with Crippen molar-refractivity contribution in [1.29, 1.82) is 0 Å². The molecule has 0 saturated heterocycles. The Morgan fingerprint density at radius 2 is 1.97 bits per heavy atom. The first-order chi connectivity index (χ1) is 15.9. The third kappa shape index (κ3) is 4.15. The number of fused-ring (bicyclic) bond motifs is 2. The Kier molecular flexibility index (Phi) is 5.70. The van der Waals surface area contributed by atoms with Crippen LogP contribution in [0, 0.1) is 16.6 Å². The molecular formula is C25H27N3O4S. The minimum atomic E-state index is -0.201. The monoisotopic (exact) mass is 465 g/mol. The lowest BCUT2D eigenvalue weighted by Gasteiger charge is -2.34. The first kappa shape index (κ1) is 21.7. The lowest BCUT2D eigenvalue weighted by molar-refractivity contribution is 0.0891. The van der Waals surface area contributed by atoms with Gasteiger partial charge in [0.25, 0.3) is 11.5 Å². The molecule has 3 atom stereocenters. The van der Waals surface area contributed by atoms with E-state index in [0.717, 1.165) is 18.4 Å². The Balaban J connectivity index is 1.41. The highest BCUT2D eigenvalue weighted by Crippen LogP contribution is 2.33. The number of hydrogen-bond donors (Lipinski definition) is 2. The highest BCUT2D eigenvalue weighted by molar-refractivity contribution is 7.71. The van der Waals surface area contributed by atoms with Crippen LogP contribution in [0.15, 0.2) is 41.2 Å². The van der Waals surface area contributed by atoms with Crippen LogP contribution < -0.4 is 20.3 Å². The molecule has 33 heavy (non-hydrogen) atoms. The van der Waals surface area contributed by atoms with E-state index in [1.165, 1.54) is 11.0 Å². The Morgan fingerprint density at radius 1 is 1.15 bits per heavy atom. The van der Waals surface area contributed by atoms with Crippen LogP contribution in [-0.2, 0) is 6.54 Å². The second kappa shape index (κ2) is 8.67. The van der Waals surface area contributed by atoms with Gasteiger partial charge in [0, 0.05) is 11.6 Å². The molecule has 1 aliphatic carbocycles. The van der Waals surface area contributed by atoms with E-state index in [0.29, 0.717) is 51.1 Å². The van der Waals surface area contributed by atoms with Crippen molar-refractivity contribution in [2.24, 2.45) is 11.8 Å². The minimum absolute atomic E-state index is 0.119. The molecule has 1 saturated carbocycles. The summed E-state index contributed by atoms with van der Waals surface area (Å²) in [6, 6.07) is 10.9. The van der Waals surface area contributed by atoms with Crippen molar-refractivity contribution in [2.45, 2.75) is 45.7 Å². The van der Waals surface area contributed by atoms with E-state index in [-0.39, 0.29) is 24.3 Å². The quantitative estimate of drug-likeness (QED) is 0.558. The molecule has 172 valence electrons. The number of ether oxygens (including phenoxy) is 2. The topological polar surface area (TPSA) is 85.3 Å². The average Bonchev–Trinajstić information content (AvgIpc) is 3.27. The molecule has 5 rings (SSSR count). The number of nitrogens with zero attached hydrogens (tertiary/aromatic N) is 1. The van der Waals surface area contributed by atoms with Gasteiger partial charge in [0.2, 0.25) is 6.79 Å². The second-order valence-corrected chi connectivity index (χ2v) is 9.50. The van der Waals surface area contributed by atoms with Gasteiger partial charge in [-0.05, 0) is 66.4 Å². The van der Waals surface area contributed by atoms with Crippen molar-refractivity contribution in [3.8, 4) is 11.5 Å². The number of carbonyl (C=O) groups excluding carboxylic acids is 1. The van der Waals surface area contributed by atoms with E-state index in [1.54, 1.807) is 18.2 Å². The maximum Gasteiger partial charge on any atom is 0.262 e. The Labute approximate surface area is 196 Å². The number of aromatic nitrogens is 2. The van der Waals surface area contributed by atoms with Crippen LogP contribution in [0.1, 0.15) is 49.0 Å². The van der Waals surface area contributed by atoms with Gasteiger partial charge in [-0.1, -0.05) is 32.8 Å². The number of carbonyl (C=O) groups is 1. The summed E-state index contributed by atoms with van der Waals surface area (Å²) in [5.41, 5.74) is 1.76. The number of amides is 1. The van der Waals surface area contributed by atoms with Gasteiger partial charge in [-0.25, -0.2) is 0 Å². The van der Waals surface area contributed by atoms with Gasteiger partial charge in [-0.15, -0.1) is 0 Å². The molecule has 2 N–H and O–H groups in total. The molecule has 3 aromatic rings. The fourth-order valence-corrected chi connectivity index (χ4v) is 5.06. The van der Waals surface area contributed by atoms with E-state index in [4.69, 9.17) is 21.7 Å². The lowest BCUT2D eigenvalue weighted by atomic mass is 9.78. The van der Waals surface area contributed by atoms with Crippen molar-refractivity contribution in [2.75, 3.05) is 6.79 Å². The molecule has 0 unspecified atom stereocenters. The summed E-state index contributed by atoms with van der Waals surface area (Å²) in [6.45, 7) is 4.95. The van der Waals surface area contributed by atoms with Crippen LogP contribution in [0.25, 0.3) is 10.9 Å². The van der Waals surface area contributed by atoms with E-state index in [1.807, 2.05) is 18.2 Å². The summed E-state index contributed by atoms with van der Waals surface area (Å²) >= 11 is 5.48. The summed E-state index contributed by atoms with van der Waals surface area (Å²) in [5, 5.41) is 3.68. The van der Waals surface area contributed by atoms with E-state index in [9.17, 15) is 9.59 Å². The largest absolute Gasteiger partial charge is 0.454 e. The summed E-state index contributed by atoms with van der Waals surface area (Å²) in [7, 11) is 0. The first-order valence-corrected chi connectivity index (χ1v) is 11.8. The number of aromatic amines is 1. The highest BCUT2D eigenvalue weighted by atomic mass is 32.1. The zero-order chi connectivity index (χ0) is 23.1. The van der Waals surface area contributed by atoms with Crippen LogP contribution in [0.3, 0.4) is 0 Å². The molecule has 1 aliphatic heterocycles. The number of H-pyrrole nitrogens is 1. The number of benzene rings is 2. The smallest absolute Gasteiger partial charge is 0.262 e. The van der Waals surface area contributed by atoms with E-state index in [2.05, 4.69) is 24.1 Å². The first-order valence-electron chi connectivity index (χ1n) is 11.4. The van der Waals surface area contributed by atoms with E-state index < -0.39 is 0 Å². The maximum absolute atomic E-state index is 13.2. The molecule has 0 bridgehead atoms. The molecule has 2 heterocycles. The Hall–Kier alpha value is -3.13. The molecule has 2 aromatic carbocycles. The summed E-state index contributed by atoms with van der Waals surface area (Å²) in [4.78, 5) is 29.2. The van der Waals surface area contributed by atoms with Gasteiger partial charge in [0.15, 0.2) is 16.3 Å². The lowest BCUT2D eigenvalue weighted by Crippen LogP contribution is -2.43. The Morgan fingerprint density at radius 3 is 2.82 bits per heavy atom. The van der Waals surface area contributed by atoms with Crippen molar-refractivity contribution in [3.63, 3.8) is 0 Å². The molecule has 1 aromatic heterocycles.